The van der Waals surface area contributed by atoms with Gasteiger partial charge in [-0.3, -0.25) is 4.90 Å². The number of rotatable bonds is 6. The van der Waals surface area contributed by atoms with E-state index in [0.29, 0.717) is 12.4 Å². The van der Waals surface area contributed by atoms with E-state index >= 15 is 0 Å². The predicted molar refractivity (Wildman–Crippen MR) is 102 cm³/mol. The average molecular weight is 369 g/mol. The molecule has 0 aliphatic carbocycles. The van der Waals surface area contributed by atoms with E-state index in [9.17, 15) is 5.11 Å². The number of aliphatic hydroxyl groups excluding tert-OH is 1. The molecule has 0 spiro atoms. The summed E-state index contributed by atoms with van der Waals surface area (Å²) in [5, 5.41) is 16.2. The SMILES string of the molecule is CCn1nc([C@@H](O)c2ccccc2)nc1-c1cnc(CN2CCCC2)s1. The van der Waals surface area contributed by atoms with Gasteiger partial charge in [0.1, 0.15) is 11.1 Å². The molecule has 0 radical (unpaired) electrons. The van der Waals surface area contributed by atoms with E-state index in [-0.39, 0.29) is 0 Å². The normalized spacial score (nSPS) is 16.2. The van der Waals surface area contributed by atoms with Gasteiger partial charge < -0.3 is 5.11 Å². The van der Waals surface area contributed by atoms with Crippen LogP contribution in [0.25, 0.3) is 10.7 Å². The first kappa shape index (κ1) is 17.3. The third kappa shape index (κ3) is 3.56. The van der Waals surface area contributed by atoms with Crippen molar-refractivity contribution in [1.82, 2.24) is 24.6 Å². The maximum Gasteiger partial charge on any atom is 0.184 e. The zero-order chi connectivity index (χ0) is 17.9. The van der Waals surface area contributed by atoms with Crippen molar-refractivity contribution in [2.24, 2.45) is 0 Å². The first-order valence-electron chi connectivity index (χ1n) is 9.09. The lowest BCUT2D eigenvalue weighted by Gasteiger charge is -2.11. The van der Waals surface area contributed by atoms with Gasteiger partial charge in [-0.15, -0.1) is 11.3 Å². The third-order valence-electron chi connectivity index (χ3n) is 4.68. The standard InChI is InChI=1S/C19H23N5OS/c1-2-24-19(15-12-20-16(26-15)13-23-10-6-7-11-23)21-18(22-24)17(25)14-8-4-3-5-9-14/h3-5,8-9,12,17,25H,2,6-7,10-11,13H2,1H3/t17-/m0/s1. The molecule has 1 aliphatic heterocycles. The summed E-state index contributed by atoms with van der Waals surface area (Å²) in [4.78, 5) is 12.7. The summed E-state index contributed by atoms with van der Waals surface area (Å²) in [5.41, 5.74) is 0.798. The van der Waals surface area contributed by atoms with Crippen molar-refractivity contribution in [3.05, 3.63) is 52.9 Å². The molecule has 0 bridgehead atoms. The quantitative estimate of drug-likeness (QED) is 0.723. The highest BCUT2D eigenvalue weighted by Crippen LogP contribution is 2.28. The van der Waals surface area contributed by atoms with Gasteiger partial charge in [-0.2, -0.15) is 5.10 Å². The Morgan fingerprint density at radius 2 is 1.96 bits per heavy atom. The maximum absolute atomic E-state index is 10.6. The summed E-state index contributed by atoms with van der Waals surface area (Å²) >= 11 is 1.67. The van der Waals surface area contributed by atoms with Crippen LogP contribution in [0.1, 0.15) is 42.3 Å². The number of aromatic nitrogens is 4. The van der Waals surface area contributed by atoms with Gasteiger partial charge >= 0.3 is 0 Å². The Labute approximate surface area is 157 Å². The molecule has 1 aromatic carbocycles. The second-order valence-corrected chi connectivity index (χ2v) is 7.64. The van der Waals surface area contributed by atoms with Crippen molar-refractivity contribution in [3.8, 4) is 10.7 Å². The largest absolute Gasteiger partial charge is 0.380 e. The summed E-state index contributed by atoms with van der Waals surface area (Å²) in [5.74, 6) is 1.21. The number of benzene rings is 1. The predicted octanol–water partition coefficient (Wildman–Crippen LogP) is 3.10. The van der Waals surface area contributed by atoms with Crippen LogP contribution in [0, 0.1) is 0 Å². The second-order valence-electron chi connectivity index (χ2n) is 6.52. The Morgan fingerprint density at radius 1 is 1.19 bits per heavy atom. The molecule has 1 N–H and O–H groups in total. The van der Waals surface area contributed by atoms with Crippen LogP contribution in [0.3, 0.4) is 0 Å². The Kier molecular flexibility index (Phi) is 5.10. The van der Waals surface area contributed by atoms with E-state index in [0.717, 1.165) is 40.9 Å². The monoisotopic (exact) mass is 369 g/mol. The first-order chi connectivity index (χ1) is 12.7. The van der Waals surface area contributed by atoms with Crippen molar-refractivity contribution in [2.75, 3.05) is 13.1 Å². The molecule has 1 fully saturated rings. The molecule has 1 saturated heterocycles. The second kappa shape index (κ2) is 7.65. The maximum atomic E-state index is 10.6. The topological polar surface area (TPSA) is 67.1 Å². The first-order valence-corrected chi connectivity index (χ1v) is 9.91. The molecular formula is C19H23N5OS. The molecule has 3 aromatic rings. The molecule has 26 heavy (non-hydrogen) atoms. The molecular weight excluding hydrogens is 346 g/mol. The van der Waals surface area contributed by atoms with E-state index < -0.39 is 6.10 Å². The minimum absolute atomic E-state index is 0.433. The fourth-order valence-corrected chi connectivity index (χ4v) is 4.24. The van der Waals surface area contributed by atoms with Crippen LogP contribution >= 0.6 is 11.3 Å². The van der Waals surface area contributed by atoms with E-state index in [1.165, 1.54) is 12.8 Å². The van der Waals surface area contributed by atoms with Crippen LogP contribution in [0.2, 0.25) is 0 Å². The molecule has 6 nitrogen and oxygen atoms in total. The van der Waals surface area contributed by atoms with Crippen molar-refractivity contribution in [1.29, 1.82) is 0 Å². The van der Waals surface area contributed by atoms with E-state index in [4.69, 9.17) is 0 Å². The van der Waals surface area contributed by atoms with E-state index in [1.807, 2.05) is 48.1 Å². The van der Waals surface area contributed by atoms with Gasteiger partial charge in [0.2, 0.25) is 0 Å². The number of hydrogen-bond acceptors (Lipinski definition) is 6. The fraction of sp³-hybridized carbons (Fsp3) is 0.421. The molecule has 136 valence electrons. The molecule has 3 heterocycles. The van der Waals surface area contributed by atoms with Crippen LogP contribution in [-0.4, -0.2) is 42.8 Å². The summed E-state index contributed by atoms with van der Waals surface area (Å²) in [6, 6.07) is 9.52. The number of hydrogen-bond donors (Lipinski definition) is 1. The van der Waals surface area contributed by atoms with Crippen molar-refractivity contribution < 1.29 is 5.11 Å². The lowest BCUT2D eigenvalue weighted by atomic mass is 10.1. The molecule has 1 aliphatic rings. The van der Waals surface area contributed by atoms with Crippen LogP contribution < -0.4 is 0 Å². The number of likely N-dealkylation sites (tertiary alicyclic amines) is 1. The third-order valence-corrected chi connectivity index (χ3v) is 5.66. The highest BCUT2D eigenvalue weighted by molar-refractivity contribution is 7.15. The number of thiazole rings is 1. The summed E-state index contributed by atoms with van der Waals surface area (Å²) in [6.45, 7) is 5.96. The fourth-order valence-electron chi connectivity index (χ4n) is 3.28. The van der Waals surface area contributed by atoms with Gasteiger partial charge in [0.25, 0.3) is 0 Å². The average Bonchev–Trinajstić information content (AvgIpc) is 3.42. The zero-order valence-electron chi connectivity index (χ0n) is 14.9. The van der Waals surface area contributed by atoms with Gasteiger partial charge in [-0.1, -0.05) is 30.3 Å². The van der Waals surface area contributed by atoms with Crippen LogP contribution in [0.4, 0.5) is 0 Å². The molecule has 4 rings (SSSR count). The highest BCUT2D eigenvalue weighted by Gasteiger charge is 2.21. The zero-order valence-corrected chi connectivity index (χ0v) is 15.7. The van der Waals surface area contributed by atoms with Crippen LogP contribution in [0.15, 0.2) is 36.5 Å². The molecule has 2 aromatic heterocycles. The Morgan fingerprint density at radius 3 is 2.69 bits per heavy atom. The molecule has 0 amide bonds. The molecule has 7 heteroatoms. The van der Waals surface area contributed by atoms with Gasteiger partial charge in [0, 0.05) is 12.7 Å². The summed E-state index contributed by atoms with van der Waals surface area (Å²) in [7, 11) is 0. The van der Waals surface area contributed by atoms with Gasteiger partial charge in [-0.25, -0.2) is 14.6 Å². The van der Waals surface area contributed by atoms with Gasteiger partial charge in [-0.05, 0) is 38.4 Å². The smallest absolute Gasteiger partial charge is 0.184 e. The lowest BCUT2D eigenvalue weighted by Crippen LogP contribution is -2.17. The Hall–Kier alpha value is -2.09. The van der Waals surface area contributed by atoms with Crippen LogP contribution in [-0.2, 0) is 13.1 Å². The van der Waals surface area contributed by atoms with Crippen LogP contribution in [0.5, 0.6) is 0 Å². The van der Waals surface area contributed by atoms with E-state index in [2.05, 4.69) is 20.0 Å². The number of aliphatic hydroxyl groups is 1. The number of nitrogens with zero attached hydrogens (tertiary/aromatic N) is 5. The molecule has 1 atom stereocenters. The van der Waals surface area contributed by atoms with Crippen molar-refractivity contribution in [3.63, 3.8) is 0 Å². The Balaban J connectivity index is 1.58. The lowest BCUT2D eigenvalue weighted by molar-refractivity contribution is 0.209. The Bertz CT molecular complexity index is 854. The summed E-state index contributed by atoms with van der Waals surface area (Å²) in [6.07, 6.45) is 3.62. The molecule has 0 saturated carbocycles. The minimum Gasteiger partial charge on any atom is -0.380 e. The van der Waals surface area contributed by atoms with Crippen molar-refractivity contribution >= 4 is 11.3 Å². The minimum atomic E-state index is -0.820. The highest BCUT2D eigenvalue weighted by atomic mass is 32.1. The summed E-state index contributed by atoms with van der Waals surface area (Å²) < 4.78 is 1.84. The van der Waals surface area contributed by atoms with Crippen molar-refractivity contribution in [2.45, 2.75) is 39.0 Å². The van der Waals surface area contributed by atoms with Gasteiger partial charge in [0.15, 0.2) is 11.6 Å². The number of aryl methyl sites for hydroxylation is 1. The van der Waals surface area contributed by atoms with Gasteiger partial charge in [0.05, 0.1) is 11.4 Å². The van der Waals surface area contributed by atoms with E-state index in [1.54, 1.807) is 11.3 Å². The molecule has 0 unspecified atom stereocenters.